The lowest BCUT2D eigenvalue weighted by atomic mass is 10.0. The summed E-state index contributed by atoms with van der Waals surface area (Å²) in [5.74, 6) is 2.38. The van der Waals surface area contributed by atoms with Crippen LogP contribution in [0, 0.1) is 0 Å². The summed E-state index contributed by atoms with van der Waals surface area (Å²) in [5, 5.41) is 3.43. The molecule has 1 aliphatic carbocycles. The van der Waals surface area contributed by atoms with Crippen molar-refractivity contribution in [3.8, 4) is 11.5 Å². The fourth-order valence-corrected chi connectivity index (χ4v) is 2.65. The van der Waals surface area contributed by atoms with Gasteiger partial charge >= 0.3 is 0 Å². The van der Waals surface area contributed by atoms with Gasteiger partial charge in [0.05, 0.1) is 14.2 Å². The second-order valence-corrected chi connectivity index (χ2v) is 4.41. The summed E-state index contributed by atoms with van der Waals surface area (Å²) >= 11 is 0. The molecular formula is C14H21NO2. The Labute approximate surface area is 103 Å². The van der Waals surface area contributed by atoms with Gasteiger partial charge in [0.2, 0.25) is 0 Å². The molecule has 1 aromatic carbocycles. The lowest BCUT2D eigenvalue weighted by Gasteiger charge is -2.15. The minimum atomic E-state index is 0.616. The first-order chi connectivity index (χ1) is 8.31. The van der Waals surface area contributed by atoms with E-state index in [4.69, 9.17) is 9.47 Å². The van der Waals surface area contributed by atoms with E-state index in [-0.39, 0.29) is 0 Å². The Morgan fingerprint density at radius 3 is 2.76 bits per heavy atom. The molecule has 1 unspecified atom stereocenters. The summed E-state index contributed by atoms with van der Waals surface area (Å²) in [6.07, 6.45) is 2.29. The van der Waals surface area contributed by atoms with Crippen LogP contribution in [0.2, 0.25) is 0 Å². The monoisotopic (exact) mass is 235 g/mol. The number of ether oxygens (including phenoxy) is 2. The van der Waals surface area contributed by atoms with Crippen LogP contribution in [0.25, 0.3) is 0 Å². The molecule has 0 saturated heterocycles. The fourth-order valence-electron chi connectivity index (χ4n) is 2.65. The van der Waals surface area contributed by atoms with Gasteiger partial charge in [-0.1, -0.05) is 13.0 Å². The van der Waals surface area contributed by atoms with Gasteiger partial charge in [0, 0.05) is 12.1 Å². The van der Waals surface area contributed by atoms with Crippen molar-refractivity contribution >= 4 is 0 Å². The summed E-state index contributed by atoms with van der Waals surface area (Å²) in [6, 6.07) is 4.20. The number of nitrogens with one attached hydrogen (secondary N) is 1. The molecule has 2 rings (SSSR count). The number of likely N-dealkylation sites (N-methyl/N-ethyl adjacent to an activating group) is 1. The van der Waals surface area contributed by atoms with Crippen LogP contribution in [-0.2, 0) is 6.42 Å². The third-order valence-corrected chi connectivity index (χ3v) is 3.51. The molecule has 0 spiro atoms. The van der Waals surface area contributed by atoms with Gasteiger partial charge in [-0.25, -0.2) is 0 Å². The van der Waals surface area contributed by atoms with Gasteiger partial charge in [-0.3, -0.25) is 0 Å². The Morgan fingerprint density at radius 2 is 2.12 bits per heavy atom. The molecule has 3 nitrogen and oxygen atoms in total. The molecule has 0 aliphatic heterocycles. The van der Waals surface area contributed by atoms with Gasteiger partial charge in [0.1, 0.15) is 0 Å². The van der Waals surface area contributed by atoms with E-state index >= 15 is 0 Å². The predicted molar refractivity (Wildman–Crippen MR) is 69.2 cm³/mol. The number of fused-ring (bicyclic) bond motifs is 1. The highest BCUT2D eigenvalue weighted by molar-refractivity contribution is 5.54. The maximum absolute atomic E-state index is 5.49. The van der Waals surface area contributed by atoms with E-state index in [1.165, 1.54) is 17.5 Å². The normalized spacial score (nSPS) is 17.9. The van der Waals surface area contributed by atoms with E-state index in [9.17, 15) is 0 Å². The molecule has 1 aliphatic rings. The van der Waals surface area contributed by atoms with Crippen molar-refractivity contribution in [2.24, 2.45) is 0 Å². The van der Waals surface area contributed by atoms with Crippen LogP contribution >= 0.6 is 0 Å². The molecule has 3 heteroatoms. The molecule has 94 valence electrons. The number of methoxy groups -OCH3 is 2. The molecule has 1 N–H and O–H groups in total. The topological polar surface area (TPSA) is 30.5 Å². The van der Waals surface area contributed by atoms with Crippen molar-refractivity contribution in [1.82, 2.24) is 5.32 Å². The zero-order valence-corrected chi connectivity index (χ0v) is 10.9. The van der Waals surface area contributed by atoms with Gasteiger partial charge in [0.25, 0.3) is 0 Å². The van der Waals surface area contributed by atoms with Crippen LogP contribution in [0.1, 0.15) is 30.4 Å². The van der Waals surface area contributed by atoms with Gasteiger partial charge < -0.3 is 14.8 Å². The highest BCUT2D eigenvalue weighted by Gasteiger charge is 2.26. The van der Waals surface area contributed by atoms with Gasteiger partial charge in [-0.05, 0) is 36.9 Å². The molecule has 17 heavy (non-hydrogen) atoms. The average Bonchev–Trinajstić information content (AvgIpc) is 2.78. The van der Waals surface area contributed by atoms with E-state index in [1.807, 2.05) is 6.07 Å². The summed E-state index contributed by atoms with van der Waals surface area (Å²) in [6.45, 7) is 4.22. The SMILES string of the molecule is CCNCC1CCc2c1ccc(OC)c2OC. The standard InChI is InChI=1S/C14H21NO2/c1-4-15-9-10-5-6-12-11(10)7-8-13(16-2)14(12)17-3/h7-8,10,15H,4-6,9H2,1-3H3. The van der Waals surface area contributed by atoms with Crippen molar-refractivity contribution in [2.75, 3.05) is 27.3 Å². The fraction of sp³-hybridized carbons (Fsp3) is 0.571. The maximum atomic E-state index is 5.49. The third-order valence-electron chi connectivity index (χ3n) is 3.51. The van der Waals surface area contributed by atoms with Crippen LogP contribution in [0.15, 0.2) is 12.1 Å². The minimum Gasteiger partial charge on any atom is -0.493 e. The highest BCUT2D eigenvalue weighted by Crippen LogP contribution is 2.42. The van der Waals surface area contributed by atoms with Crippen molar-refractivity contribution < 1.29 is 9.47 Å². The van der Waals surface area contributed by atoms with Crippen LogP contribution in [0.4, 0.5) is 0 Å². The summed E-state index contributed by atoms with van der Waals surface area (Å²) in [4.78, 5) is 0. The molecule has 0 aromatic heterocycles. The number of benzene rings is 1. The molecule has 0 fully saturated rings. The summed E-state index contributed by atoms with van der Waals surface area (Å²) < 4.78 is 10.8. The first-order valence-corrected chi connectivity index (χ1v) is 6.26. The van der Waals surface area contributed by atoms with E-state index in [0.29, 0.717) is 5.92 Å². The van der Waals surface area contributed by atoms with Crippen LogP contribution < -0.4 is 14.8 Å². The largest absolute Gasteiger partial charge is 0.493 e. The molecule has 0 radical (unpaired) electrons. The van der Waals surface area contributed by atoms with Crippen LogP contribution in [-0.4, -0.2) is 27.3 Å². The first kappa shape index (κ1) is 12.2. The third kappa shape index (κ3) is 2.25. The van der Waals surface area contributed by atoms with Crippen molar-refractivity contribution in [3.05, 3.63) is 23.3 Å². The molecule has 1 atom stereocenters. The zero-order chi connectivity index (χ0) is 12.3. The number of hydrogen-bond donors (Lipinski definition) is 1. The quantitative estimate of drug-likeness (QED) is 0.849. The van der Waals surface area contributed by atoms with Crippen LogP contribution in [0.3, 0.4) is 0 Å². The molecule has 0 amide bonds. The Balaban J connectivity index is 2.29. The van der Waals surface area contributed by atoms with Gasteiger partial charge in [-0.2, -0.15) is 0 Å². The highest BCUT2D eigenvalue weighted by atomic mass is 16.5. The number of rotatable bonds is 5. The smallest absolute Gasteiger partial charge is 0.164 e. The molecular weight excluding hydrogens is 214 g/mol. The van der Waals surface area contributed by atoms with E-state index in [1.54, 1.807) is 14.2 Å². The van der Waals surface area contributed by atoms with Crippen molar-refractivity contribution in [1.29, 1.82) is 0 Å². The maximum Gasteiger partial charge on any atom is 0.164 e. The Morgan fingerprint density at radius 1 is 1.29 bits per heavy atom. The lowest BCUT2D eigenvalue weighted by molar-refractivity contribution is 0.352. The van der Waals surface area contributed by atoms with Crippen LogP contribution in [0.5, 0.6) is 11.5 Å². The van der Waals surface area contributed by atoms with Gasteiger partial charge in [0.15, 0.2) is 11.5 Å². The summed E-state index contributed by atoms with van der Waals surface area (Å²) in [5.41, 5.74) is 2.75. The Bertz CT molecular complexity index is 390. The summed E-state index contributed by atoms with van der Waals surface area (Å²) in [7, 11) is 3.41. The molecule has 1 aromatic rings. The minimum absolute atomic E-state index is 0.616. The van der Waals surface area contributed by atoms with Gasteiger partial charge in [-0.15, -0.1) is 0 Å². The average molecular weight is 235 g/mol. The molecule has 0 saturated carbocycles. The second kappa shape index (κ2) is 5.41. The van der Waals surface area contributed by atoms with E-state index in [0.717, 1.165) is 31.0 Å². The molecule has 0 bridgehead atoms. The Kier molecular flexibility index (Phi) is 3.89. The predicted octanol–water partition coefficient (Wildman–Crippen LogP) is 2.34. The zero-order valence-electron chi connectivity index (χ0n) is 10.9. The second-order valence-electron chi connectivity index (χ2n) is 4.41. The van der Waals surface area contributed by atoms with E-state index < -0.39 is 0 Å². The lowest BCUT2D eigenvalue weighted by Crippen LogP contribution is -2.19. The molecule has 0 heterocycles. The Hall–Kier alpha value is -1.22. The van der Waals surface area contributed by atoms with Crippen molar-refractivity contribution in [3.63, 3.8) is 0 Å². The van der Waals surface area contributed by atoms with Crippen molar-refractivity contribution in [2.45, 2.75) is 25.7 Å². The van der Waals surface area contributed by atoms with E-state index in [2.05, 4.69) is 18.3 Å². The number of hydrogen-bond acceptors (Lipinski definition) is 3. The first-order valence-electron chi connectivity index (χ1n) is 6.26.